The highest BCUT2D eigenvalue weighted by Crippen LogP contribution is 2.45. The molecule has 4 nitrogen and oxygen atoms in total. The minimum atomic E-state index is -0.0751. The van der Waals surface area contributed by atoms with Crippen LogP contribution in [0.5, 0.6) is 0 Å². The summed E-state index contributed by atoms with van der Waals surface area (Å²) in [5, 5.41) is 9.64. The van der Waals surface area contributed by atoms with Gasteiger partial charge in [0.25, 0.3) is 0 Å². The number of aromatic nitrogens is 2. The van der Waals surface area contributed by atoms with Gasteiger partial charge in [-0.25, -0.2) is 9.97 Å². The van der Waals surface area contributed by atoms with Crippen LogP contribution in [0.4, 0.5) is 5.82 Å². The first kappa shape index (κ1) is 16.0. The van der Waals surface area contributed by atoms with Crippen LogP contribution in [0.2, 0.25) is 0 Å². The van der Waals surface area contributed by atoms with Crippen molar-refractivity contribution in [3.8, 4) is 0 Å². The number of aliphatic hydroxyl groups is 1. The minimum Gasteiger partial charge on any atom is -0.390 e. The number of rotatable bonds is 2. The molecule has 126 valence electrons. The van der Waals surface area contributed by atoms with Crippen LogP contribution in [0, 0.1) is 12.3 Å². The van der Waals surface area contributed by atoms with Gasteiger partial charge in [0.2, 0.25) is 0 Å². The smallest absolute Gasteiger partial charge is 0.153 e. The molecule has 1 saturated heterocycles. The van der Waals surface area contributed by atoms with E-state index >= 15 is 0 Å². The fourth-order valence-electron chi connectivity index (χ4n) is 4.20. The van der Waals surface area contributed by atoms with E-state index < -0.39 is 0 Å². The fraction of sp³-hybridized carbons (Fsp3) is 0.474. The van der Waals surface area contributed by atoms with Crippen molar-refractivity contribution in [2.45, 2.75) is 39.2 Å². The lowest BCUT2D eigenvalue weighted by Gasteiger charge is -2.40. The van der Waals surface area contributed by atoms with E-state index in [2.05, 4.69) is 55.1 Å². The number of fused-ring (bicyclic) bond motifs is 1. The Morgan fingerprint density at radius 3 is 2.33 bits per heavy atom. The van der Waals surface area contributed by atoms with Crippen LogP contribution in [0.25, 0.3) is 0 Å². The molecule has 1 spiro atoms. The van der Waals surface area contributed by atoms with Gasteiger partial charge < -0.3 is 10.0 Å². The molecule has 2 aromatic rings. The molecule has 1 aliphatic carbocycles. The number of hydrogen-bond donors (Lipinski definition) is 1. The number of aryl methyl sites for hydroxylation is 1. The van der Waals surface area contributed by atoms with Crippen molar-refractivity contribution in [3.05, 3.63) is 51.4 Å². The van der Waals surface area contributed by atoms with E-state index in [-0.39, 0.29) is 6.61 Å². The fourth-order valence-corrected chi connectivity index (χ4v) is 4.50. The van der Waals surface area contributed by atoms with Crippen molar-refractivity contribution >= 4 is 21.7 Å². The number of nitrogens with zero attached hydrogens (tertiary/aromatic N) is 3. The van der Waals surface area contributed by atoms with Gasteiger partial charge in [-0.3, -0.25) is 0 Å². The molecule has 4 rings (SSSR count). The molecule has 0 saturated carbocycles. The van der Waals surface area contributed by atoms with Crippen LogP contribution in [-0.2, 0) is 19.4 Å². The predicted octanol–water partition coefficient (Wildman–Crippen LogP) is 3.43. The van der Waals surface area contributed by atoms with Gasteiger partial charge in [-0.05, 0) is 65.1 Å². The number of piperidine rings is 1. The summed E-state index contributed by atoms with van der Waals surface area (Å²) in [6.45, 7) is 3.84. The van der Waals surface area contributed by atoms with Crippen molar-refractivity contribution < 1.29 is 5.11 Å². The van der Waals surface area contributed by atoms with Crippen LogP contribution in [0.15, 0.2) is 28.9 Å². The van der Waals surface area contributed by atoms with Gasteiger partial charge in [-0.15, -0.1) is 0 Å². The van der Waals surface area contributed by atoms with Crippen molar-refractivity contribution in [1.29, 1.82) is 0 Å². The molecule has 1 fully saturated rings. The Hall–Kier alpha value is -1.46. The third-order valence-electron chi connectivity index (χ3n) is 5.59. The lowest BCUT2D eigenvalue weighted by atomic mass is 9.76. The first-order valence-electron chi connectivity index (χ1n) is 8.56. The van der Waals surface area contributed by atoms with E-state index in [1.54, 1.807) is 0 Å². The van der Waals surface area contributed by atoms with Gasteiger partial charge in [0, 0.05) is 13.1 Å². The SMILES string of the molecule is Cc1nc(N2CCC3(CC2)Cc2ccccc2C3)c(CO)nc1Br. The Kier molecular flexibility index (Phi) is 4.09. The van der Waals surface area contributed by atoms with Crippen LogP contribution in [0.3, 0.4) is 0 Å². The maximum atomic E-state index is 9.64. The van der Waals surface area contributed by atoms with Crippen LogP contribution in [-0.4, -0.2) is 28.2 Å². The first-order chi connectivity index (χ1) is 11.6. The maximum Gasteiger partial charge on any atom is 0.153 e. The molecule has 1 aliphatic heterocycles. The van der Waals surface area contributed by atoms with E-state index in [0.717, 1.165) is 29.2 Å². The summed E-state index contributed by atoms with van der Waals surface area (Å²) < 4.78 is 0.718. The summed E-state index contributed by atoms with van der Waals surface area (Å²) in [7, 11) is 0. The van der Waals surface area contributed by atoms with Gasteiger partial charge in [0.15, 0.2) is 5.82 Å². The molecular weight excluding hydrogens is 366 g/mol. The van der Waals surface area contributed by atoms with E-state index in [1.165, 1.54) is 36.8 Å². The number of aliphatic hydroxyl groups excluding tert-OH is 1. The van der Waals surface area contributed by atoms with Crippen molar-refractivity contribution in [3.63, 3.8) is 0 Å². The highest BCUT2D eigenvalue weighted by molar-refractivity contribution is 9.10. The molecule has 1 N–H and O–H groups in total. The highest BCUT2D eigenvalue weighted by Gasteiger charge is 2.40. The maximum absolute atomic E-state index is 9.64. The van der Waals surface area contributed by atoms with Crippen LogP contribution >= 0.6 is 15.9 Å². The molecule has 0 radical (unpaired) electrons. The Balaban J connectivity index is 1.53. The second-order valence-electron chi connectivity index (χ2n) is 7.14. The van der Waals surface area contributed by atoms with Gasteiger partial charge in [0.05, 0.1) is 12.3 Å². The summed E-state index contributed by atoms with van der Waals surface area (Å²) in [4.78, 5) is 11.4. The number of benzene rings is 1. The standard InChI is InChI=1S/C19H22BrN3O/c1-13-17(20)22-16(12-24)18(21-13)23-8-6-19(7-9-23)10-14-4-2-3-5-15(14)11-19/h2-5,24H,6-12H2,1H3. The van der Waals surface area contributed by atoms with Crippen molar-refractivity contribution in [2.75, 3.05) is 18.0 Å². The zero-order valence-electron chi connectivity index (χ0n) is 13.9. The van der Waals surface area contributed by atoms with Crippen LogP contribution in [0.1, 0.15) is 35.4 Å². The van der Waals surface area contributed by atoms with Crippen molar-refractivity contribution in [2.24, 2.45) is 5.41 Å². The molecule has 2 heterocycles. The monoisotopic (exact) mass is 387 g/mol. The largest absolute Gasteiger partial charge is 0.390 e. The lowest BCUT2D eigenvalue weighted by Crippen LogP contribution is -2.41. The zero-order valence-corrected chi connectivity index (χ0v) is 15.5. The van der Waals surface area contributed by atoms with Crippen molar-refractivity contribution in [1.82, 2.24) is 9.97 Å². The summed E-state index contributed by atoms with van der Waals surface area (Å²) in [6.07, 6.45) is 4.75. The van der Waals surface area contributed by atoms with Gasteiger partial charge >= 0.3 is 0 Å². The van der Waals surface area contributed by atoms with E-state index in [4.69, 9.17) is 0 Å². The average Bonchev–Trinajstić information content (AvgIpc) is 2.95. The second kappa shape index (κ2) is 6.12. The topological polar surface area (TPSA) is 49.2 Å². The molecule has 0 bridgehead atoms. The first-order valence-corrected chi connectivity index (χ1v) is 9.35. The number of halogens is 1. The second-order valence-corrected chi connectivity index (χ2v) is 7.89. The summed E-state index contributed by atoms with van der Waals surface area (Å²) >= 11 is 3.41. The molecule has 0 amide bonds. The quantitative estimate of drug-likeness (QED) is 0.857. The molecule has 2 aliphatic rings. The van der Waals surface area contributed by atoms with Crippen LogP contribution < -0.4 is 4.90 Å². The van der Waals surface area contributed by atoms with E-state index in [0.29, 0.717) is 11.1 Å². The summed E-state index contributed by atoms with van der Waals surface area (Å²) in [5.74, 6) is 0.851. The third kappa shape index (κ3) is 2.74. The number of hydrogen-bond acceptors (Lipinski definition) is 4. The average molecular weight is 388 g/mol. The Bertz CT molecular complexity index is 742. The molecule has 24 heavy (non-hydrogen) atoms. The zero-order chi connectivity index (χ0) is 16.7. The third-order valence-corrected chi connectivity index (χ3v) is 6.34. The Labute approximate surface area is 151 Å². The molecular formula is C19H22BrN3O. The van der Waals surface area contributed by atoms with Gasteiger partial charge in [0.1, 0.15) is 10.3 Å². The molecule has 5 heteroatoms. The number of anilines is 1. The minimum absolute atomic E-state index is 0.0751. The Morgan fingerprint density at radius 2 is 1.75 bits per heavy atom. The normalized spacial score (nSPS) is 18.9. The molecule has 0 atom stereocenters. The predicted molar refractivity (Wildman–Crippen MR) is 98.1 cm³/mol. The van der Waals surface area contributed by atoms with E-state index in [9.17, 15) is 5.11 Å². The summed E-state index contributed by atoms with van der Waals surface area (Å²) in [6, 6.07) is 8.87. The van der Waals surface area contributed by atoms with Gasteiger partial charge in [-0.1, -0.05) is 24.3 Å². The summed E-state index contributed by atoms with van der Waals surface area (Å²) in [5.41, 5.74) is 5.01. The molecule has 0 unspecified atom stereocenters. The molecule has 1 aromatic carbocycles. The van der Waals surface area contributed by atoms with E-state index in [1.807, 2.05) is 6.92 Å². The van der Waals surface area contributed by atoms with Gasteiger partial charge in [-0.2, -0.15) is 0 Å². The Morgan fingerprint density at radius 1 is 1.12 bits per heavy atom. The molecule has 1 aromatic heterocycles. The lowest BCUT2D eigenvalue weighted by molar-refractivity contribution is 0.230. The highest BCUT2D eigenvalue weighted by atomic mass is 79.9.